The first-order valence-corrected chi connectivity index (χ1v) is 5.29. The van der Waals surface area contributed by atoms with Crippen LogP contribution in [0.2, 0.25) is 0 Å². The maximum Gasteiger partial charge on any atom is 0.221 e. The second-order valence-electron chi connectivity index (χ2n) is 3.36. The van der Waals surface area contributed by atoms with Gasteiger partial charge < -0.3 is 15.2 Å². The van der Waals surface area contributed by atoms with E-state index in [9.17, 15) is 4.79 Å². The van der Waals surface area contributed by atoms with Crippen molar-refractivity contribution >= 4 is 5.91 Å². The zero-order chi connectivity index (χ0) is 11.5. The molecule has 0 radical (unpaired) electrons. The van der Waals surface area contributed by atoms with Gasteiger partial charge in [-0.25, -0.2) is 0 Å². The topological polar surface area (TPSA) is 73.6 Å². The van der Waals surface area contributed by atoms with Crippen molar-refractivity contribution < 1.29 is 14.3 Å². The molecule has 90 valence electrons. The van der Waals surface area contributed by atoms with Crippen LogP contribution in [-0.4, -0.2) is 39.5 Å². The van der Waals surface area contributed by atoms with E-state index < -0.39 is 0 Å². The predicted molar refractivity (Wildman–Crippen MR) is 58.3 cm³/mol. The van der Waals surface area contributed by atoms with Crippen molar-refractivity contribution in [1.82, 2.24) is 5.32 Å². The molecule has 0 aliphatic carbocycles. The number of methoxy groups -OCH3 is 1. The molecule has 0 spiro atoms. The maximum absolute atomic E-state index is 10.9. The third-order valence-electron chi connectivity index (χ3n) is 2.13. The van der Waals surface area contributed by atoms with Crippen LogP contribution in [0.3, 0.4) is 0 Å². The number of amides is 1. The molecule has 0 aliphatic heterocycles. The summed E-state index contributed by atoms with van der Waals surface area (Å²) in [5.41, 5.74) is 5.19. The summed E-state index contributed by atoms with van der Waals surface area (Å²) < 4.78 is 10.1. The Kier molecular flexibility index (Phi) is 9.46. The zero-order valence-electron chi connectivity index (χ0n) is 9.62. The molecule has 5 nitrogen and oxygen atoms in total. The van der Waals surface area contributed by atoms with E-state index in [0.29, 0.717) is 26.5 Å². The molecule has 0 aliphatic rings. The number of nitrogens with two attached hydrogens (primary N) is 1. The van der Waals surface area contributed by atoms with Gasteiger partial charge in [0.25, 0.3) is 0 Å². The largest absolute Gasteiger partial charge is 0.385 e. The van der Waals surface area contributed by atoms with Crippen LogP contribution in [0.1, 0.15) is 19.8 Å². The summed E-state index contributed by atoms with van der Waals surface area (Å²) in [5.74, 6) is -0.364. The highest BCUT2D eigenvalue weighted by atomic mass is 16.5. The van der Waals surface area contributed by atoms with Crippen LogP contribution in [0.15, 0.2) is 0 Å². The zero-order valence-corrected chi connectivity index (χ0v) is 9.62. The number of hydrogen-bond donors (Lipinski definition) is 2. The van der Waals surface area contributed by atoms with Crippen LogP contribution in [-0.2, 0) is 14.3 Å². The standard InChI is InChI=1S/C10H22N2O3/c1-3-9(10(11)13)7-12-8-15-6-4-5-14-2/h9,12H,3-8H2,1-2H3,(H2,11,13). The van der Waals surface area contributed by atoms with E-state index in [1.807, 2.05) is 6.92 Å². The Labute approximate surface area is 91.3 Å². The summed E-state index contributed by atoms with van der Waals surface area (Å²) in [6.07, 6.45) is 1.64. The first kappa shape index (κ1) is 14.3. The minimum absolute atomic E-state index is 0.104. The van der Waals surface area contributed by atoms with E-state index in [0.717, 1.165) is 12.8 Å². The van der Waals surface area contributed by atoms with Crippen molar-refractivity contribution in [3.63, 3.8) is 0 Å². The maximum atomic E-state index is 10.9. The Bertz CT molecular complexity index is 165. The molecular formula is C10H22N2O3. The lowest BCUT2D eigenvalue weighted by molar-refractivity contribution is -0.121. The van der Waals surface area contributed by atoms with Gasteiger partial charge in [0.2, 0.25) is 5.91 Å². The third kappa shape index (κ3) is 8.35. The van der Waals surface area contributed by atoms with E-state index in [2.05, 4.69) is 5.32 Å². The summed E-state index contributed by atoms with van der Waals surface area (Å²) in [4.78, 5) is 10.9. The minimum atomic E-state index is -0.260. The van der Waals surface area contributed by atoms with E-state index in [4.69, 9.17) is 15.2 Å². The first-order chi connectivity index (χ1) is 7.22. The number of hydrogen-bond acceptors (Lipinski definition) is 4. The molecule has 0 heterocycles. The van der Waals surface area contributed by atoms with Crippen LogP contribution in [0.4, 0.5) is 0 Å². The normalized spacial score (nSPS) is 12.7. The van der Waals surface area contributed by atoms with Crippen molar-refractivity contribution in [2.24, 2.45) is 11.7 Å². The molecule has 0 bridgehead atoms. The number of ether oxygens (including phenoxy) is 2. The SMILES string of the molecule is CCC(CNCOCCCOC)C(N)=O. The summed E-state index contributed by atoms with van der Waals surface area (Å²) in [6.45, 7) is 4.34. The molecule has 0 rings (SSSR count). The fourth-order valence-electron chi connectivity index (χ4n) is 1.13. The highest BCUT2D eigenvalue weighted by Crippen LogP contribution is 1.98. The van der Waals surface area contributed by atoms with Gasteiger partial charge in [-0.15, -0.1) is 0 Å². The van der Waals surface area contributed by atoms with Gasteiger partial charge >= 0.3 is 0 Å². The molecule has 1 unspecified atom stereocenters. The van der Waals surface area contributed by atoms with Gasteiger partial charge in [-0.1, -0.05) is 6.92 Å². The third-order valence-corrected chi connectivity index (χ3v) is 2.13. The van der Waals surface area contributed by atoms with Gasteiger partial charge in [-0.3, -0.25) is 10.1 Å². The molecule has 3 N–H and O–H groups in total. The Morgan fingerprint density at radius 3 is 2.73 bits per heavy atom. The van der Waals surface area contributed by atoms with E-state index in [-0.39, 0.29) is 11.8 Å². The molecule has 5 heteroatoms. The molecule has 0 aromatic carbocycles. The van der Waals surface area contributed by atoms with Crippen LogP contribution in [0.25, 0.3) is 0 Å². The predicted octanol–water partition coefficient (Wildman–Crippen LogP) is 0.0981. The van der Waals surface area contributed by atoms with Crippen molar-refractivity contribution in [3.05, 3.63) is 0 Å². The average Bonchev–Trinajstić information content (AvgIpc) is 2.21. The molecule has 0 fully saturated rings. The highest BCUT2D eigenvalue weighted by Gasteiger charge is 2.11. The lowest BCUT2D eigenvalue weighted by Crippen LogP contribution is -2.33. The smallest absolute Gasteiger partial charge is 0.221 e. The number of carbonyl (C=O) groups excluding carboxylic acids is 1. The lowest BCUT2D eigenvalue weighted by Gasteiger charge is -2.11. The van der Waals surface area contributed by atoms with Crippen molar-refractivity contribution in [2.45, 2.75) is 19.8 Å². The number of rotatable bonds is 10. The quantitative estimate of drug-likeness (QED) is 0.403. The molecule has 0 aromatic heterocycles. The summed E-state index contributed by atoms with van der Waals surface area (Å²) in [6, 6.07) is 0. The van der Waals surface area contributed by atoms with Crippen LogP contribution in [0.5, 0.6) is 0 Å². The van der Waals surface area contributed by atoms with Gasteiger partial charge in [-0.2, -0.15) is 0 Å². The van der Waals surface area contributed by atoms with Crippen LogP contribution >= 0.6 is 0 Å². The molecular weight excluding hydrogens is 196 g/mol. The van der Waals surface area contributed by atoms with Gasteiger partial charge in [-0.05, 0) is 12.8 Å². The van der Waals surface area contributed by atoms with Crippen LogP contribution in [0, 0.1) is 5.92 Å². The Hall–Kier alpha value is -0.650. The first-order valence-electron chi connectivity index (χ1n) is 5.29. The van der Waals surface area contributed by atoms with Crippen molar-refractivity contribution in [2.75, 3.05) is 33.6 Å². The number of carbonyl (C=O) groups is 1. The van der Waals surface area contributed by atoms with E-state index in [1.165, 1.54) is 0 Å². The molecule has 0 saturated heterocycles. The molecule has 0 saturated carbocycles. The number of primary amides is 1. The second kappa shape index (κ2) is 9.89. The highest BCUT2D eigenvalue weighted by molar-refractivity contribution is 5.76. The molecule has 1 atom stereocenters. The van der Waals surface area contributed by atoms with E-state index in [1.54, 1.807) is 7.11 Å². The van der Waals surface area contributed by atoms with Gasteiger partial charge in [0, 0.05) is 26.2 Å². The Morgan fingerprint density at radius 2 is 2.20 bits per heavy atom. The van der Waals surface area contributed by atoms with Gasteiger partial charge in [0.05, 0.1) is 13.3 Å². The van der Waals surface area contributed by atoms with Crippen molar-refractivity contribution in [1.29, 1.82) is 0 Å². The Morgan fingerprint density at radius 1 is 1.47 bits per heavy atom. The summed E-state index contributed by atoms with van der Waals surface area (Å²) in [7, 11) is 1.66. The Balaban J connectivity index is 3.25. The van der Waals surface area contributed by atoms with Crippen molar-refractivity contribution in [3.8, 4) is 0 Å². The molecule has 0 aromatic rings. The number of nitrogens with one attached hydrogen (secondary N) is 1. The monoisotopic (exact) mass is 218 g/mol. The van der Waals surface area contributed by atoms with E-state index >= 15 is 0 Å². The minimum Gasteiger partial charge on any atom is -0.385 e. The fourth-order valence-corrected chi connectivity index (χ4v) is 1.13. The average molecular weight is 218 g/mol. The lowest BCUT2D eigenvalue weighted by atomic mass is 10.1. The fraction of sp³-hybridized carbons (Fsp3) is 0.900. The summed E-state index contributed by atoms with van der Waals surface area (Å²) >= 11 is 0. The molecule has 15 heavy (non-hydrogen) atoms. The van der Waals surface area contributed by atoms with Gasteiger partial charge in [0.15, 0.2) is 0 Å². The molecule has 1 amide bonds. The van der Waals surface area contributed by atoms with Gasteiger partial charge in [0.1, 0.15) is 0 Å². The van der Waals surface area contributed by atoms with Crippen LogP contribution < -0.4 is 11.1 Å². The summed E-state index contributed by atoms with van der Waals surface area (Å²) in [5, 5.41) is 3.03. The second-order valence-corrected chi connectivity index (χ2v) is 3.36.